The van der Waals surface area contributed by atoms with Crippen molar-refractivity contribution in [2.75, 3.05) is 6.54 Å². The van der Waals surface area contributed by atoms with Gasteiger partial charge in [0, 0.05) is 25.2 Å². The topological polar surface area (TPSA) is 68.2 Å². The van der Waals surface area contributed by atoms with Crippen molar-refractivity contribution in [2.45, 2.75) is 19.4 Å². The van der Waals surface area contributed by atoms with Crippen LogP contribution < -0.4 is 11.2 Å². The van der Waals surface area contributed by atoms with Crippen molar-refractivity contribution >= 4 is 0 Å². The molecule has 0 saturated carbocycles. The van der Waals surface area contributed by atoms with Crippen LogP contribution in [0, 0.1) is 0 Å². The highest BCUT2D eigenvalue weighted by Gasteiger charge is 2.07. The van der Waals surface area contributed by atoms with E-state index in [4.69, 9.17) is 5.73 Å². The fourth-order valence-electron chi connectivity index (χ4n) is 1.43. The second-order valence-corrected chi connectivity index (χ2v) is 3.30. The van der Waals surface area contributed by atoms with Gasteiger partial charge in [-0.3, -0.25) is 4.79 Å². The fraction of sp³-hybridized carbons (Fsp3) is 0.364. The first-order valence-corrected chi connectivity index (χ1v) is 4.93. The molecule has 1 aromatic heterocycles. The summed E-state index contributed by atoms with van der Waals surface area (Å²) in [6, 6.07) is 1.36. The Hall–Kier alpha value is -1.55. The normalized spacial score (nSPS) is 10.2. The summed E-state index contributed by atoms with van der Waals surface area (Å²) in [7, 11) is 0. The third kappa shape index (κ3) is 2.70. The fourth-order valence-corrected chi connectivity index (χ4v) is 1.43. The van der Waals surface area contributed by atoms with Gasteiger partial charge in [-0.25, -0.2) is 0 Å². The van der Waals surface area contributed by atoms with Crippen molar-refractivity contribution in [3.63, 3.8) is 0 Å². The molecule has 0 aliphatic heterocycles. The number of pyridine rings is 1. The first kappa shape index (κ1) is 11.5. The van der Waals surface area contributed by atoms with Crippen LogP contribution >= 0.6 is 0 Å². The van der Waals surface area contributed by atoms with Gasteiger partial charge in [-0.2, -0.15) is 0 Å². The second kappa shape index (κ2) is 5.36. The molecule has 4 heteroatoms. The molecule has 1 aromatic rings. The van der Waals surface area contributed by atoms with E-state index in [1.165, 1.54) is 6.07 Å². The van der Waals surface area contributed by atoms with Gasteiger partial charge in [0.1, 0.15) is 0 Å². The van der Waals surface area contributed by atoms with Crippen LogP contribution in [0.15, 0.2) is 29.7 Å². The lowest BCUT2D eigenvalue weighted by molar-refractivity contribution is 0.449. The molecule has 82 valence electrons. The summed E-state index contributed by atoms with van der Waals surface area (Å²) in [6.07, 6.45) is 4.63. The molecule has 0 fully saturated rings. The highest BCUT2D eigenvalue weighted by Crippen LogP contribution is 2.12. The van der Waals surface area contributed by atoms with Crippen molar-refractivity contribution in [3.8, 4) is 5.75 Å². The second-order valence-electron chi connectivity index (χ2n) is 3.30. The van der Waals surface area contributed by atoms with E-state index < -0.39 is 0 Å². The van der Waals surface area contributed by atoms with Gasteiger partial charge in [0.15, 0.2) is 5.75 Å². The van der Waals surface area contributed by atoms with Gasteiger partial charge < -0.3 is 15.4 Å². The quantitative estimate of drug-likeness (QED) is 0.697. The van der Waals surface area contributed by atoms with E-state index in [9.17, 15) is 9.90 Å². The van der Waals surface area contributed by atoms with Crippen LogP contribution in [0.1, 0.15) is 12.1 Å². The van der Waals surface area contributed by atoms with Gasteiger partial charge in [-0.15, -0.1) is 6.58 Å². The number of nitrogens with two attached hydrogens (primary N) is 1. The Balaban J connectivity index is 3.08. The molecular formula is C11H16N2O2. The van der Waals surface area contributed by atoms with Crippen molar-refractivity contribution in [1.29, 1.82) is 0 Å². The molecule has 1 heterocycles. The molecule has 1 rings (SSSR count). The van der Waals surface area contributed by atoms with Gasteiger partial charge in [0.25, 0.3) is 0 Å². The number of aryl methyl sites for hydroxylation is 1. The van der Waals surface area contributed by atoms with E-state index in [1.807, 2.05) is 4.57 Å². The molecule has 0 bridgehead atoms. The zero-order valence-corrected chi connectivity index (χ0v) is 8.65. The molecule has 15 heavy (non-hydrogen) atoms. The van der Waals surface area contributed by atoms with Crippen molar-refractivity contribution in [2.24, 2.45) is 5.73 Å². The SMILES string of the molecule is C=CCc1c(O)c(=O)ccn1CCCN. The van der Waals surface area contributed by atoms with Crippen LogP contribution in [0.3, 0.4) is 0 Å². The Morgan fingerprint density at radius 1 is 1.60 bits per heavy atom. The molecule has 0 amide bonds. The Kier molecular flexibility index (Phi) is 4.12. The van der Waals surface area contributed by atoms with E-state index >= 15 is 0 Å². The number of aromatic hydroxyl groups is 1. The highest BCUT2D eigenvalue weighted by molar-refractivity contribution is 5.28. The van der Waals surface area contributed by atoms with Gasteiger partial charge >= 0.3 is 0 Å². The van der Waals surface area contributed by atoms with Crippen molar-refractivity contribution in [1.82, 2.24) is 4.57 Å². The third-order valence-electron chi connectivity index (χ3n) is 2.20. The highest BCUT2D eigenvalue weighted by atomic mass is 16.3. The first-order valence-electron chi connectivity index (χ1n) is 4.93. The lowest BCUT2D eigenvalue weighted by Crippen LogP contribution is -2.14. The summed E-state index contributed by atoms with van der Waals surface area (Å²) >= 11 is 0. The average Bonchev–Trinajstić information content (AvgIpc) is 2.24. The van der Waals surface area contributed by atoms with Crippen LogP contribution in [0.4, 0.5) is 0 Å². The standard InChI is InChI=1S/C11H16N2O2/c1-2-4-9-11(15)10(14)5-8-13(9)7-3-6-12/h2,5,8,15H,1,3-4,6-7,12H2. The van der Waals surface area contributed by atoms with E-state index in [1.54, 1.807) is 12.3 Å². The summed E-state index contributed by atoms with van der Waals surface area (Å²) < 4.78 is 1.84. The molecular weight excluding hydrogens is 192 g/mol. The number of aromatic nitrogens is 1. The van der Waals surface area contributed by atoms with Crippen LogP contribution in [-0.4, -0.2) is 16.2 Å². The van der Waals surface area contributed by atoms with Crippen molar-refractivity contribution < 1.29 is 5.11 Å². The van der Waals surface area contributed by atoms with Gasteiger partial charge in [-0.1, -0.05) is 6.08 Å². The predicted octanol–water partition coefficient (Wildman–Crippen LogP) is 0.631. The van der Waals surface area contributed by atoms with Gasteiger partial charge in [0.05, 0.1) is 5.69 Å². The maximum atomic E-state index is 11.2. The molecule has 0 saturated heterocycles. The molecule has 0 aromatic carbocycles. The minimum Gasteiger partial charge on any atom is -0.503 e. The lowest BCUT2D eigenvalue weighted by Gasteiger charge is -2.12. The summed E-state index contributed by atoms with van der Waals surface area (Å²) in [5, 5.41) is 9.60. The largest absolute Gasteiger partial charge is 0.503 e. The van der Waals surface area contributed by atoms with Crippen LogP contribution in [0.25, 0.3) is 0 Å². The van der Waals surface area contributed by atoms with Crippen LogP contribution in [0.2, 0.25) is 0 Å². The monoisotopic (exact) mass is 208 g/mol. The molecule has 0 unspecified atom stereocenters. The zero-order chi connectivity index (χ0) is 11.3. The molecule has 0 spiro atoms. The first-order chi connectivity index (χ1) is 7.20. The summed E-state index contributed by atoms with van der Waals surface area (Å²) in [4.78, 5) is 11.2. The van der Waals surface area contributed by atoms with E-state index in [-0.39, 0.29) is 11.2 Å². The number of rotatable bonds is 5. The van der Waals surface area contributed by atoms with E-state index in [0.717, 1.165) is 6.42 Å². The molecule has 4 nitrogen and oxygen atoms in total. The lowest BCUT2D eigenvalue weighted by atomic mass is 10.2. The Bertz CT molecular complexity index is 396. The summed E-state index contributed by atoms with van der Waals surface area (Å²) in [5.74, 6) is -0.186. The van der Waals surface area contributed by atoms with Crippen LogP contribution in [-0.2, 0) is 13.0 Å². The minimum absolute atomic E-state index is 0.186. The minimum atomic E-state index is -0.351. The molecule has 0 radical (unpaired) electrons. The average molecular weight is 208 g/mol. The zero-order valence-electron chi connectivity index (χ0n) is 8.65. The van der Waals surface area contributed by atoms with E-state index in [2.05, 4.69) is 6.58 Å². The molecule has 0 aliphatic carbocycles. The van der Waals surface area contributed by atoms with E-state index in [0.29, 0.717) is 25.2 Å². The Morgan fingerprint density at radius 3 is 2.93 bits per heavy atom. The molecule has 0 aliphatic rings. The number of nitrogens with zero attached hydrogens (tertiary/aromatic N) is 1. The van der Waals surface area contributed by atoms with Gasteiger partial charge in [0.2, 0.25) is 5.43 Å². The smallest absolute Gasteiger partial charge is 0.223 e. The Morgan fingerprint density at radius 2 is 2.33 bits per heavy atom. The van der Waals surface area contributed by atoms with Crippen molar-refractivity contribution in [3.05, 3.63) is 40.8 Å². The Labute approximate surface area is 88.7 Å². The number of hydrogen-bond donors (Lipinski definition) is 2. The summed E-state index contributed by atoms with van der Waals surface area (Å²) in [6.45, 7) is 4.88. The maximum Gasteiger partial charge on any atom is 0.223 e. The molecule has 0 atom stereocenters. The maximum absolute atomic E-state index is 11.2. The van der Waals surface area contributed by atoms with Gasteiger partial charge in [-0.05, 0) is 13.0 Å². The number of allylic oxidation sites excluding steroid dienone is 1. The summed E-state index contributed by atoms with van der Waals surface area (Å²) in [5.41, 5.74) is 5.66. The predicted molar refractivity (Wildman–Crippen MR) is 59.9 cm³/mol. The molecule has 3 N–H and O–H groups in total. The third-order valence-corrected chi connectivity index (χ3v) is 2.20. The van der Waals surface area contributed by atoms with Crippen LogP contribution in [0.5, 0.6) is 5.75 Å². The number of hydrogen-bond acceptors (Lipinski definition) is 3.